The molecule has 2 aromatic heterocycles. The molecule has 0 saturated carbocycles. The number of halogens is 1. The summed E-state index contributed by atoms with van der Waals surface area (Å²) in [4.78, 5) is 21.4. The van der Waals surface area contributed by atoms with E-state index in [1.165, 1.54) is 23.1 Å². The Morgan fingerprint density at radius 1 is 1.07 bits per heavy atom. The van der Waals surface area contributed by atoms with Crippen molar-refractivity contribution in [2.45, 2.75) is 10.8 Å². The Morgan fingerprint density at radius 2 is 1.73 bits per heavy atom. The summed E-state index contributed by atoms with van der Waals surface area (Å²) in [5.41, 5.74) is 8.73. The van der Waals surface area contributed by atoms with E-state index in [0.717, 1.165) is 16.3 Å². The highest BCUT2D eigenvalue weighted by atomic mass is 35.5. The topological polar surface area (TPSA) is 146 Å². The van der Waals surface area contributed by atoms with Gasteiger partial charge < -0.3 is 15.6 Å². The number of thiazole rings is 1. The number of hydrogen-bond donors (Lipinski definition) is 2. The number of ether oxygens (including phenoxy) is 1. The Morgan fingerprint density at radius 3 is 2.34 bits per heavy atom. The molecule has 0 unspecified atom stereocenters. The molecule has 41 heavy (non-hydrogen) atoms. The van der Waals surface area contributed by atoms with Crippen LogP contribution in [0.2, 0.25) is 5.02 Å². The van der Waals surface area contributed by atoms with Crippen molar-refractivity contribution in [3.05, 3.63) is 75.8 Å². The van der Waals surface area contributed by atoms with Crippen molar-refractivity contribution in [1.29, 1.82) is 10.5 Å². The van der Waals surface area contributed by atoms with Crippen LogP contribution in [0, 0.1) is 22.7 Å². The number of quaternary nitrogens is 1. The SMILES string of the molecule is C[N+](C)(CC(N)=O)c1nc(SCc2csc(-c3ccc(Cl)cc3)n2)c(C#N)c(-c2ccc(OCCO)cc2)c1C#N. The van der Waals surface area contributed by atoms with E-state index in [1.54, 1.807) is 38.4 Å². The summed E-state index contributed by atoms with van der Waals surface area (Å²) < 4.78 is 5.38. The van der Waals surface area contributed by atoms with E-state index in [4.69, 9.17) is 37.1 Å². The summed E-state index contributed by atoms with van der Waals surface area (Å²) in [6.45, 7) is -0.0799. The molecule has 0 aliphatic carbocycles. The number of nitrogens with two attached hydrogens (primary N) is 1. The molecule has 0 radical (unpaired) electrons. The fourth-order valence-electron chi connectivity index (χ4n) is 4.18. The minimum Gasteiger partial charge on any atom is -0.491 e. The second-order valence-corrected chi connectivity index (χ2v) is 11.7. The number of nitrogens with zero attached hydrogens (tertiary/aromatic N) is 5. The summed E-state index contributed by atoms with van der Waals surface area (Å²) in [5.74, 6) is 0.730. The quantitative estimate of drug-likeness (QED) is 0.180. The van der Waals surface area contributed by atoms with E-state index in [1.807, 2.05) is 29.6 Å². The molecule has 0 saturated heterocycles. The number of aromatic nitrogens is 2. The summed E-state index contributed by atoms with van der Waals surface area (Å²) in [6, 6.07) is 18.8. The predicted molar refractivity (Wildman–Crippen MR) is 162 cm³/mol. The molecule has 0 fully saturated rings. The first-order valence-electron chi connectivity index (χ1n) is 12.3. The Kier molecular flexibility index (Phi) is 9.61. The molecule has 0 spiro atoms. The van der Waals surface area contributed by atoms with Gasteiger partial charge in [0, 0.05) is 27.3 Å². The van der Waals surface area contributed by atoms with Crippen LogP contribution in [0.1, 0.15) is 16.8 Å². The van der Waals surface area contributed by atoms with Crippen LogP contribution in [0.25, 0.3) is 21.7 Å². The molecule has 2 heterocycles. The zero-order valence-electron chi connectivity index (χ0n) is 22.3. The van der Waals surface area contributed by atoms with Crippen molar-refractivity contribution < 1.29 is 14.6 Å². The first-order valence-corrected chi connectivity index (χ1v) is 14.6. The Bertz CT molecular complexity index is 1640. The van der Waals surface area contributed by atoms with Crippen molar-refractivity contribution in [3.8, 4) is 39.6 Å². The number of aliphatic hydroxyl groups excluding tert-OH is 1. The predicted octanol–water partition coefficient (Wildman–Crippen LogP) is 4.98. The van der Waals surface area contributed by atoms with Gasteiger partial charge in [-0.1, -0.05) is 47.6 Å². The van der Waals surface area contributed by atoms with E-state index in [-0.39, 0.29) is 35.4 Å². The van der Waals surface area contributed by atoms with Gasteiger partial charge in [-0.05, 0) is 29.8 Å². The number of aliphatic hydroxyl groups is 1. The number of benzene rings is 2. The van der Waals surface area contributed by atoms with Crippen LogP contribution < -0.4 is 15.0 Å². The number of thioether (sulfide) groups is 1. The molecule has 4 aromatic rings. The van der Waals surface area contributed by atoms with Gasteiger partial charge in [-0.2, -0.15) is 15.5 Å². The van der Waals surface area contributed by atoms with Gasteiger partial charge in [0.05, 0.1) is 32.0 Å². The molecule has 0 aliphatic heterocycles. The smallest absolute Gasteiger partial charge is 0.273 e. The number of nitriles is 2. The van der Waals surface area contributed by atoms with Gasteiger partial charge >= 0.3 is 0 Å². The van der Waals surface area contributed by atoms with Crippen LogP contribution in [-0.4, -0.2) is 54.8 Å². The van der Waals surface area contributed by atoms with Crippen molar-refractivity contribution >= 4 is 46.4 Å². The third kappa shape index (κ3) is 7.03. The first kappa shape index (κ1) is 30.0. The summed E-state index contributed by atoms with van der Waals surface area (Å²) in [6.07, 6.45) is 0. The number of likely N-dealkylation sites (N-methyl/N-ethyl adjacent to an activating group) is 1. The van der Waals surface area contributed by atoms with Crippen molar-refractivity contribution in [3.63, 3.8) is 0 Å². The molecule has 0 atom stereocenters. The molecular formula is C29H26ClN6O3S2+. The molecule has 4 rings (SSSR count). The molecule has 3 N–H and O–H groups in total. The summed E-state index contributed by atoms with van der Waals surface area (Å²) >= 11 is 8.84. The van der Waals surface area contributed by atoms with Crippen LogP contribution >= 0.6 is 34.7 Å². The minimum atomic E-state index is -0.552. The zero-order valence-corrected chi connectivity index (χ0v) is 24.7. The average Bonchev–Trinajstić information content (AvgIpc) is 3.43. The Balaban J connectivity index is 1.78. The lowest BCUT2D eigenvalue weighted by Crippen LogP contribution is -2.48. The maximum absolute atomic E-state index is 11.9. The number of carbonyl (C=O) groups is 1. The second kappa shape index (κ2) is 13.1. The fraction of sp³-hybridized carbons (Fsp3) is 0.207. The lowest BCUT2D eigenvalue weighted by atomic mass is 9.96. The van der Waals surface area contributed by atoms with Crippen molar-refractivity contribution in [1.82, 2.24) is 14.5 Å². The van der Waals surface area contributed by atoms with E-state index in [2.05, 4.69) is 12.1 Å². The number of rotatable bonds is 11. The van der Waals surface area contributed by atoms with Crippen LogP contribution in [-0.2, 0) is 10.5 Å². The van der Waals surface area contributed by atoms with Gasteiger partial charge in [0.2, 0.25) is 5.82 Å². The summed E-state index contributed by atoms with van der Waals surface area (Å²) in [7, 11) is 3.48. The van der Waals surface area contributed by atoms with Crippen LogP contribution in [0.3, 0.4) is 0 Å². The molecule has 208 valence electrons. The largest absolute Gasteiger partial charge is 0.491 e. The standard InChI is InChI=1S/C29H25ClN6O3S2/c1-36(2,15-25(33)38)27-23(13-31)26(18-5-9-22(10-6-18)39-12-11-37)24(14-32)29(35-27)41-17-21-16-40-28(34-21)19-3-7-20(30)8-4-19/h3-10,16,37H,11-12,15,17H2,1-2H3,(H-,33,38)/p+1. The number of amides is 1. The maximum atomic E-state index is 11.9. The van der Waals surface area contributed by atoms with Crippen molar-refractivity contribution in [2.75, 3.05) is 33.9 Å². The molecule has 2 aromatic carbocycles. The van der Waals surface area contributed by atoms with Gasteiger partial charge in [0.25, 0.3) is 5.91 Å². The lowest BCUT2D eigenvalue weighted by molar-refractivity contribution is -0.118. The molecule has 12 heteroatoms. The van der Waals surface area contributed by atoms with Crippen LogP contribution in [0.4, 0.5) is 5.82 Å². The summed E-state index contributed by atoms with van der Waals surface area (Å²) in [5, 5.41) is 33.5. The molecule has 0 bridgehead atoms. The van der Waals surface area contributed by atoms with Crippen LogP contribution in [0.5, 0.6) is 5.75 Å². The monoisotopic (exact) mass is 605 g/mol. The van der Waals surface area contributed by atoms with E-state index in [9.17, 15) is 15.3 Å². The second-order valence-electron chi connectivity index (χ2n) is 9.43. The third-order valence-electron chi connectivity index (χ3n) is 6.00. The average molecular weight is 606 g/mol. The first-order chi connectivity index (χ1) is 19.7. The number of carbonyl (C=O) groups excluding carboxylic acids is 1. The van der Waals surface area contributed by atoms with Gasteiger partial charge in [0.15, 0.2) is 6.54 Å². The maximum Gasteiger partial charge on any atom is 0.273 e. The van der Waals surface area contributed by atoms with E-state index < -0.39 is 5.91 Å². The molecule has 9 nitrogen and oxygen atoms in total. The fourth-order valence-corrected chi connectivity index (χ4v) is 6.11. The van der Waals surface area contributed by atoms with Gasteiger partial charge in [0.1, 0.15) is 40.1 Å². The highest BCUT2D eigenvalue weighted by Gasteiger charge is 2.33. The normalized spacial score (nSPS) is 11.1. The lowest BCUT2D eigenvalue weighted by Gasteiger charge is -2.28. The molecular weight excluding hydrogens is 580 g/mol. The minimum absolute atomic E-state index is 0.0837. The number of primary amides is 1. The Labute approximate surface area is 251 Å². The Hall–Kier alpha value is -3.97. The highest BCUT2D eigenvalue weighted by Crippen LogP contribution is 2.40. The third-order valence-corrected chi connectivity index (χ3v) is 8.20. The van der Waals surface area contributed by atoms with E-state index in [0.29, 0.717) is 38.5 Å². The zero-order chi connectivity index (χ0) is 29.6. The van der Waals surface area contributed by atoms with Gasteiger partial charge in [-0.25, -0.2) is 4.98 Å². The highest BCUT2D eigenvalue weighted by molar-refractivity contribution is 7.98. The van der Waals surface area contributed by atoms with Gasteiger partial charge in [-0.3, -0.25) is 9.28 Å². The van der Waals surface area contributed by atoms with Crippen molar-refractivity contribution in [2.24, 2.45) is 5.73 Å². The van der Waals surface area contributed by atoms with Gasteiger partial charge in [-0.15, -0.1) is 11.3 Å². The molecule has 0 aliphatic rings. The number of hydrogen-bond acceptors (Lipinski definition) is 9. The molecule has 1 amide bonds. The van der Waals surface area contributed by atoms with Crippen LogP contribution in [0.15, 0.2) is 58.9 Å². The van der Waals surface area contributed by atoms with E-state index >= 15 is 0 Å². The number of pyridine rings is 1.